The van der Waals surface area contributed by atoms with Gasteiger partial charge in [0.15, 0.2) is 11.5 Å². The van der Waals surface area contributed by atoms with Crippen molar-refractivity contribution in [3.8, 4) is 23.0 Å². The highest BCUT2D eigenvalue weighted by atomic mass is 16.6. The zero-order valence-corrected chi connectivity index (χ0v) is 19.7. The molecule has 0 spiro atoms. The Balaban J connectivity index is 1.57. The van der Waals surface area contributed by atoms with E-state index in [2.05, 4.69) is 0 Å². The molecule has 0 saturated carbocycles. The summed E-state index contributed by atoms with van der Waals surface area (Å²) in [5, 5.41) is 11.3. The van der Waals surface area contributed by atoms with Gasteiger partial charge in [-0.05, 0) is 53.9 Å². The molecule has 1 aliphatic heterocycles. The van der Waals surface area contributed by atoms with Gasteiger partial charge >= 0.3 is 0 Å². The third-order valence-electron chi connectivity index (χ3n) is 5.98. The van der Waals surface area contributed by atoms with Gasteiger partial charge in [0.1, 0.15) is 17.5 Å². The molecule has 9 nitrogen and oxygen atoms in total. The predicted molar refractivity (Wildman–Crippen MR) is 128 cm³/mol. The number of methoxy groups -OCH3 is 3. The number of rotatable bonds is 10. The number of nitro benzene ring substituents is 1. The zero-order valence-electron chi connectivity index (χ0n) is 19.7. The number of hydrogen-bond donors (Lipinski definition) is 0. The Morgan fingerprint density at radius 2 is 1.60 bits per heavy atom. The van der Waals surface area contributed by atoms with Gasteiger partial charge in [-0.3, -0.25) is 14.9 Å². The van der Waals surface area contributed by atoms with Crippen molar-refractivity contribution >= 4 is 11.6 Å². The molecule has 1 heterocycles. The van der Waals surface area contributed by atoms with Gasteiger partial charge in [-0.1, -0.05) is 18.2 Å². The number of carbonyl (C=O) groups is 1. The summed E-state index contributed by atoms with van der Waals surface area (Å²) < 4.78 is 21.9. The van der Waals surface area contributed by atoms with Crippen molar-refractivity contribution in [3.63, 3.8) is 0 Å². The SMILES string of the molecule is COc1ccc(O[C@@H]2C(=O)N(CCc3ccc(OC)c(OC)c3)[C@H]2c2cccc([N+](=O)[O-])c2)cc1. The average molecular weight is 479 g/mol. The van der Waals surface area contributed by atoms with Crippen LogP contribution in [0.2, 0.25) is 0 Å². The lowest BCUT2D eigenvalue weighted by atomic mass is 9.89. The molecule has 0 bridgehead atoms. The largest absolute Gasteiger partial charge is 0.497 e. The molecule has 1 saturated heterocycles. The Hall–Kier alpha value is -4.27. The van der Waals surface area contributed by atoms with Crippen molar-refractivity contribution in [2.75, 3.05) is 27.9 Å². The monoisotopic (exact) mass is 478 g/mol. The van der Waals surface area contributed by atoms with Crippen LogP contribution < -0.4 is 18.9 Å². The lowest BCUT2D eigenvalue weighted by Gasteiger charge is -2.46. The van der Waals surface area contributed by atoms with Crippen molar-refractivity contribution in [1.82, 2.24) is 4.90 Å². The number of nitro groups is 1. The minimum absolute atomic E-state index is 0.0371. The number of benzene rings is 3. The first-order chi connectivity index (χ1) is 16.9. The van der Waals surface area contributed by atoms with Crippen LogP contribution in [0.3, 0.4) is 0 Å². The van der Waals surface area contributed by atoms with Crippen molar-refractivity contribution in [2.45, 2.75) is 18.6 Å². The molecule has 9 heteroatoms. The quantitative estimate of drug-likeness (QED) is 0.245. The number of non-ortho nitro benzene ring substituents is 1. The fourth-order valence-corrected chi connectivity index (χ4v) is 4.14. The van der Waals surface area contributed by atoms with Crippen LogP contribution in [0.1, 0.15) is 17.2 Å². The van der Waals surface area contributed by atoms with E-state index in [4.69, 9.17) is 18.9 Å². The van der Waals surface area contributed by atoms with Crippen LogP contribution in [-0.4, -0.2) is 49.7 Å². The minimum atomic E-state index is -0.796. The summed E-state index contributed by atoms with van der Waals surface area (Å²) >= 11 is 0. The number of carbonyl (C=O) groups excluding carboxylic acids is 1. The standard InChI is InChI=1S/C26H26N2O7/c1-32-20-8-10-21(11-9-20)35-25-24(18-5-4-6-19(16-18)28(30)31)27(26(25)29)14-13-17-7-12-22(33-2)23(15-17)34-3/h4-12,15-16,24-25H,13-14H2,1-3H3/t24-,25-/m0/s1. The smallest absolute Gasteiger partial charge is 0.269 e. The summed E-state index contributed by atoms with van der Waals surface area (Å²) in [6.07, 6.45) is -0.233. The Kier molecular flexibility index (Phi) is 7.05. The summed E-state index contributed by atoms with van der Waals surface area (Å²) in [7, 11) is 4.71. The molecule has 0 aliphatic carbocycles. The van der Waals surface area contributed by atoms with Gasteiger partial charge in [-0.2, -0.15) is 0 Å². The molecule has 4 rings (SSSR count). The minimum Gasteiger partial charge on any atom is -0.497 e. The van der Waals surface area contributed by atoms with E-state index in [1.807, 2.05) is 18.2 Å². The molecule has 1 fully saturated rings. The van der Waals surface area contributed by atoms with Crippen molar-refractivity contribution in [2.24, 2.45) is 0 Å². The maximum atomic E-state index is 13.1. The third kappa shape index (κ3) is 4.98. The normalized spacial score (nSPS) is 16.9. The van der Waals surface area contributed by atoms with E-state index in [1.165, 1.54) is 12.1 Å². The second-order valence-electron chi connectivity index (χ2n) is 7.98. The average Bonchev–Trinajstić information content (AvgIpc) is 2.89. The topological polar surface area (TPSA) is 100 Å². The Labute approximate surface area is 202 Å². The maximum Gasteiger partial charge on any atom is 0.269 e. The van der Waals surface area contributed by atoms with E-state index in [-0.39, 0.29) is 11.6 Å². The molecule has 2 atom stereocenters. The molecule has 3 aromatic carbocycles. The first-order valence-electron chi connectivity index (χ1n) is 11.0. The molecule has 0 unspecified atom stereocenters. The van der Waals surface area contributed by atoms with E-state index >= 15 is 0 Å². The molecule has 182 valence electrons. The number of amides is 1. The van der Waals surface area contributed by atoms with Crippen LogP contribution in [0, 0.1) is 10.1 Å². The number of hydrogen-bond acceptors (Lipinski definition) is 7. The number of β-lactam (4-membered cyclic amide) rings is 1. The molecule has 1 aliphatic rings. The molecular weight excluding hydrogens is 452 g/mol. The predicted octanol–water partition coefficient (Wildman–Crippen LogP) is 4.19. The summed E-state index contributed by atoms with van der Waals surface area (Å²) in [5.74, 6) is 2.23. The highest BCUT2D eigenvalue weighted by molar-refractivity contribution is 5.89. The van der Waals surface area contributed by atoms with E-state index < -0.39 is 17.1 Å². The van der Waals surface area contributed by atoms with E-state index in [0.717, 1.165) is 5.56 Å². The highest BCUT2D eigenvalue weighted by Gasteiger charge is 2.50. The lowest BCUT2D eigenvalue weighted by Crippen LogP contribution is -2.61. The van der Waals surface area contributed by atoms with E-state index in [1.54, 1.807) is 62.6 Å². The molecule has 1 amide bonds. The van der Waals surface area contributed by atoms with Crippen LogP contribution in [0.15, 0.2) is 66.7 Å². The molecule has 3 aromatic rings. The fraction of sp³-hybridized carbons (Fsp3) is 0.269. The molecule has 0 aromatic heterocycles. The number of likely N-dealkylation sites (tertiary alicyclic amines) is 1. The first-order valence-corrected chi connectivity index (χ1v) is 11.0. The summed E-state index contributed by atoms with van der Waals surface area (Å²) in [4.78, 5) is 25.7. The van der Waals surface area contributed by atoms with Gasteiger partial charge < -0.3 is 23.8 Å². The fourth-order valence-electron chi connectivity index (χ4n) is 4.14. The van der Waals surface area contributed by atoms with E-state index in [9.17, 15) is 14.9 Å². The van der Waals surface area contributed by atoms with Crippen molar-refractivity contribution in [3.05, 3.63) is 88.0 Å². The maximum absolute atomic E-state index is 13.1. The van der Waals surface area contributed by atoms with E-state index in [0.29, 0.717) is 41.5 Å². The summed E-state index contributed by atoms with van der Waals surface area (Å²) in [6.45, 7) is 0.407. The van der Waals surface area contributed by atoms with Crippen LogP contribution in [0.4, 0.5) is 5.69 Å². The van der Waals surface area contributed by atoms with Gasteiger partial charge in [0, 0.05) is 18.7 Å². The van der Waals surface area contributed by atoms with Crippen molar-refractivity contribution in [1.29, 1.82) is 0 Å². The van der Waals surface area contributed by atoms with Gasteiger partial charge in [0.2, 0.25) is 6.10 Å². The van der Waals surface area contributed by atoms with Gasteiger partial charge in [-0.25, -0.2) is 0 Å². The highest BCUT2D eigenvalue weighted by Crippen LogP contribution is 2.39. The van der Waals surface area contributed by atoms with Gasteiger partial charge in [0.05, 0.1) is 26.3 Å². The van der Waals surface area contributed by atoms with Crippen LogP contribution >= 0.6 is 0 Å². The Bertz CT molecular complexity index is 1210. The zero-order chi connectivity index (χ0) is 24.9. The Morgan fingerprint density at radius 1 is 0.886 bits per heavy atom. The van der Waals surface area contributed by atoms with Crippen molar-refractivity contribution < 1.29 is 28.7 Å². The Morgan fingerprint density at radius 3 is 2.26 bits per heavy atom. The lowest BCUT2D eigenvalue weighted by molar-refractivity contribution is -0.385. The third-order valence-corrected chi connectivity index (χ3v) is 5.98. The van der Waals surface area contributed by atoms with Gasteiger partial charge in [-0.15, -0.1) is 0 Å². The van der Waals surface area contributed by atoms with Crippen LogP contribution in [0.25, 0.3) is 0 Å². The number of ether oxygens (including phenoxy) is 4. The number of nitrogens with zero attached hydrogens (tertiary/aromatic N) is 2. The molecule has 35 heavy (non-hydrogen) atoms. The van der Waals surface area contributed by atoms with Crippen LogP contribution in [-0.2, 0) is 11.2 Å². The van der Waals surface area contributed by atoms with Crippen LogP contribution in [0.5, 0.6) is 23.0 Å². The molecule has 0 radical (unpaired) electrons. The summed E-state index contributed by atoms with van der Waals surface area (Å²) in [6, 6.07) is 18.4. The first kappa shape index (κ1) is 23.9. The summed E-state index contributed by atoms with van der Waals surface area (Å²) in [5.41, 5.74) is 1.57. The van der Waals surface area contributed by atoms with Gasteiger partial charge in [0.25, 0.3) is 11.6 Å². The second-order valence-corrected chi connectivity index (χ2v) is 7.98. The molecule has 0 N–H and O–H groups in total. The second kappa shape index (κ2) is 10.3. The molecular formula is C26H26N2O7.